The maximum absolute atomic E-state index is 14.2. The Bertz CT molecular complexity index is 747. The van der Waals surface area contributed by atoms with Crippen LogP contribution in [-0.4, -0.2) is 6.54 Å². The topological polar surface area (TPSA) is 12.0 Å². The number of hydrogen-bond acceptors (Lipinski definition) is 3. The molecule has 2 heterocycles. The molecule has 0 amide bonds. The SMILES string of the molecule is CCNC(c1cc2sccc2s1)c1cc(C)c(F)cc1F. The van der Waals surface area contributed by atoms with E-state index in [1.54, 1.807) is 35.7 Å². The molecule has 1 N–H and O–H groups in total. The zero-order valence-corrected chi connectivity index (χ0v) is 13.4. The standard InChI is InChI=1S/C16H15F2NS2/c1-3-19-16(10-6-9(2)11(17)7-12(10)18)15-8-14-13(21-15)4-5-20-14/h4-8,16,19H,3H2,1-2H3. The van der Waals surface area contributed by atoms with E-state index in [4.69, 9.17) is 0 Å². The molecule has 1 aromatic carbocycles. The van der Waals surface area contributed by atoms with Crippen molar-refractivity contribution in [3.8, 4) is 0 Å². The fourth-order valence-corrected chi connectivity index (χ4v) is 4.61. The maximum atomic E-state index is 14.2. The molecule has 1 unspecified atom stereocenters. The first kappa shape index (κ1) is 14.6. The quantitative estimate of drug-likeness (QED) is 0.691. The summed E-state index contributed by atoms with van der Waals surface area (Å²) in [5.41, 5.74) is 0.970. The molecule has 0 bridgehead atoms. The molecule has 0 saturated heterocycles. The number of thiophene rings is 2. The number of halogens is 2. The van der Waals surface area contributed by atoms with Gasteiger partial charge in [0.25, 0.3) is 0 Å². The number of benzene rings is 1. The van der Waals surface area contributed by atoms with Crippen molar-refractivity contribution in [1.29, 1.82) is 0 Å². The molecule has 3 rings (SSSR count). The monoisotopic (exact) mass is 323 g/mol. The molecular formula is C16H15F2NS2. The average Bonchev–Trinajstić information content (AvgIpc) is 3.01. The first-order chi connectivity index (χ1) is 10.1. The zero-order valence-electron chi connectivity index (χ0n) is 11.7. The van der Waals surface area contributed by atoms with Crippen molar-refractivity contribution in [2.75, 3.05) is 6.54 Å². The lowest BCUT2D eigenvalue weighted by atomic mass is 10.0. The smallest absolute Gasteiger partial charge is 0.131 e. The summed E-state index contributed by atoms with van der Waals surface area (Å²) in [5.74, 6) is -1.00. The molecule has 21 heavy (non-hydrogen) atoms. The lowest BCUT2D eigenvalue weighted by Gasteiger charge is -2.18. The summed E-state index contributed by atoms with van der Waals surface area (Å²) in [4.78, 5) is 1.06. The van der Waals surface area contributed by atoms with E-state index >= 15 is 0 Å². The Morgan fingerprint density at radius 2 is 1.95 bits per heavy atom. The Hall–Kier alpha value is -1.30. The van der Waals surface area contributed by atoms with Gasteiger partial charge in [0.1, 0.15) is 11.6 Å². The van der Waals surface area contributed by atoms with Crippen LogP contribution in [0.2, 0.25) is 0 Å². The number of nitrogens with one attached hydrogen (secondary N) is 1. The number of fused-ring (bicyclic) bond motifs is 1. The van der Waals surface area contributed by atoms with Crippen LogP contribution in [-0.2, 0) is 0 Å². The minimum atomic E-state index is -0.501. The predicted molar refractivity (Wildman–Crippen MR) is 86.3 cm³/mol. The van der Waals surface area contributed by atoms with Crippen LogP contribution in [0.4, 0.5) is 8.78 Å². The third-order valence-electron chi connectivity index (χ3n) is 3.44. The Morgan fingerprint density at radius 1 is 1.14 bits per heavy atom. The van der Waals surface area contributed by atoms with Crippen molar-refractivity contribution in [1.82, 2.24) is 5.32 Å². The van der Waals surface area contributed by atoms with Crippen molar-refractivity contribution in [2.45, 2.75) is 19.9 Å². The van der Waals surface area contributed by atoms with Gasteiger partial charge in [-0.2, -0.15) is 0 Å². The second-order valence-electron chi connectivity index (χ2n) is 4.91. The fraction of sp³-hybridized carbons (Fsp3) is 0.250. The van der Waals surface area contributed by atoms with Crippen LogP contribution < -0.4 is 5.32 Å². The van der Waals surface area contributed by atoms with Gasteiger partial charge in [-0.3, -0.25) is 0 Å². The van der Waals surface area contributed by atoms with Gasteiger partial charge in [0, 0.05) is 25.9 Å². The van der Waals surface area contributed by atoms with Gasteiger partial charge in [-0.1, -0.05) is 6.92 Å². The molecule has 3 aromatic rings. The summed E-state index contributed by atoms with van der Waals surface area (Å²) < 4.78 is 30.1. The van der Waals surface area contributed by atoms with Crippen LogP contribution in [0, 0.1) is 18.6 Å². The molecule has 0 saturated carbocycles. The number of aryl methyl sites for hydroxylation is 1. The maximum Gasteiger partial charge on any atom is 0.131 e. The minimum Gasteiger partial charge on any atom is -0.306 e. The third kappa shape index (κ3) is 2.73. The molecule has 0 aliphatic heterocycles. The molecule has 1 atom stereocenters. The van der Waals surface area contributed by atoms with Crippen LogP contribution in [0.3, 0.4) is 0 Å². The third-order valence-corrected chi connectivity index (χ3v) is 5.60. The zero-order chi connectivity index (χ0) is 15.0. The van der Waals surface area contributed by atoms with Gasteiger partial charge < -0.3 is 5.32 Å². The Kier molecular flexibility index (Phi) is 4.06. The van der Waals surface area contributed by atoms with E-state index in [0.29, 0.717) is 17.7 Å². The highest BCUT2D eigenvalue weighted by atomic mass is 32.1. The minimum absolute atomic E-state index is 0.237. The van der Waals surface area contributed by atoms with E-state index in [1.165, 1.54) is 9.40 Å². The molecule has 1 nitrogen and oxygen atoms in total. The summed E-state index contributed by atoms with van der Waals surface area (Å²) in [6.45, 7) is 4.36. The second kappa shape index (κ2) is 5.83. The average molecular weight is 323 g/mol. The van der Waals surface area contributed by atoms with Crippen LogP contribution >= 0.6 is 22.7 Å². The molecule has 0 radical (unpaired) electrons. The fourth-order valence-electron chi connectivity index (χ4n) is 2.40. The highest BCUT2D eigenvalue weighted by molar-refractivity contribution is 7.27. The van der Waals surface area contributed by atoms with E-state index in [0.717, 1.165) is 10.9 Å². The predicted octanol–water partition coefficient (Wildman–Crippen LogP) is 5.25. The molecule has 0 aliphatic rings. The van der Waals surface area contributed by atoms with Crippen molar-refractivity contribution < 1.29 is 8.78 Å². The second-order valence-corrected chi connectivity index (χ2v) is 6.97. The lowest BCUT2D eigenvalue weighted by Crippen LogP contribution is -2.22. The molecule has 110 valence electrons. The number of rotatable bonds is 4. The first-order valence-electron chi connectivity index (χ1n) is 6.76. The van der Waals surface area contributed by atoms with Crippen molar-refractivity contribution in [3.63, 3.8) is 0 Å². The molecule has 2 aromatic heterocycles. The summed E-state index contributed by atoms with van der Waals surface area (Å²) in [5, 5.41) is 5.36. The van der Waals surface area contributed by atoms with Gasteiger partial charge in [0.05, 0.1) is 6.04 Å². The van der Waals surface area contributed by atoms with Crippen LogP contribution in [0.25, 0.3) is 9.40 Å². The highest BCUT2D eigenvalue weighted by Gasteiger charge is 2.21. The van der Waals surface area contributed by atoms with E-state index in [-0.39, 0.29) is 6.04 Å². The van der Waals surface area contributed by atoms with E-state index in [1.807, 2.05) is 6.92 Å². The normalized spacial score (nSPS) is 13.0. The van der Waals surface area contributed by atoms with Crippen LogP contribution in [0.15, 0.2) is 29.6 Å². The lowest BCUT2D eigenvalue weighted by molar-refractivity contribution is 0.540. The van der Waals surface area contributed by atoms with E-state index in [9.17, 15) is 8.78 Å². The molecule has 0 fully saturated rings. The van der Waals surface area contributed by atoms with Crippen molar-refractivity contribution >= 4 is 32.1 Å². The van der Waals surface area contributed by atoms with E-state index in [2.05, 4.69) is 22.8 Å². The molecule has 0 spiro atoms. The van der Waals surface area contributed by atoms with Gasteiger partial charge >= 0.3 is 0 Å². The summed E-state index contributed by atoms with van der Waals surface area (Å²) in [6, 6.07) is 6.51. The van der Waals surface area contributed by atoms with Gasteiger partial charge in [-0.15, -0.1) is 22.7 Å². The summed E-state index contributed by atoms with van der Waals surface area (Å²) in [7, 11) is 0. The Labute approximate surface area is 130 Å². The Balaban J connectivity index is 2.09. The highest BCUT2D eigenvalue weighted by Crippen LogP contribution is 2.36. The van der Waals surface area contributed by atoms with Crippen LogP contribution in [0.5, 0.6) is 0 Å². The Morgan fingerprint density at radius 3 is 2.67 bits per heavy atom. The molecular weight excluding hydrogens is 308 g/mol. The molecule has 0 aliphatic carbocycles. The molecule has 5 heteroatoms. The van der Waals surface area contributed by atoms with Crippen LogP contribution in [0.1, 0.15) is 29.0 Å². The van der Waals surface area contributed by atoms with Gasteiger partial charge in [0.15, 0.2) is 0 Å². The van der Waals surface area contributed by atoms with Gasteiger partial charge in [-0.25, -0.2) is 8.78 Å². The largest absolute Gasteiger partial charge is 0.306 e. The summed E-state index contributed by atoms with van der Waals surface area (Å²) in [6.07, 6.45) is 0. The van der Waals surface area contributed by atoms with Crippen molar-refractivity contribution in [3.05, 3.63) is 57.3 Å². The van der Waals surface area contributed by atoms with Gasteiger partial charge in [-0.05, 0) is 42.6 Å². The summed E-state index contributed by atoms with van der Waals surface area (Å²) >= 11 is 3.33. The van der Waals surface area contributed by atoms with Crippen molar-refractivity contribution in [2.24, 2.45) is 0 Å². The first-order valence-corrected chi connectivity index (χ1v) is 8.45. The van der Waals surface area contributed by atoms with Gasteiger partial charge in [0.2, 0.25) is 0 Å². The number of hydrogen-bond donors (Lipinski definition) is 1. The van der Waals surface area contributed by atoms with E-state index < -0.39 is 11.6 Å².